The lowest BCUT2D eigenvalue weighted by Crippen LogP contribution is -2.25. The lowest BCUT2D eigenvalue weighted by Gasteiger charge is -2.19. The van der Waals surface area contributed by atoms with Crippen LogP contribution in [0.5, 0.6) is 0 Å². The minimum atomic E-state index is -0.804. The molecule has 0 spiro atoms. The van der Waals surface area contributed by atoms with Gasteiger partial charge < -0.3 is 15.2 Å². The molecule has 0 aliphatic heterocycles. The summed E-state index contributed by atoms with van der Waals surface area (Å²) in [5.41, 5.74) is 1.36. The summed E-state index contributed by atoms with van der Waals surface area (Å²) in [5.74, 6) is -0.804. The van der Waals surface area contributed by atoms with Crippen LogP contribution in [0.4, 0.5) is 0 Å². The highest BCUT2D eigenvalue weighted by atomic mass is 16.5. The van der Waals surface area contributed by atoms with E-state index >= 15 is 0 Å². The summed E-state index contributed by atoms with van der Waals surface area (Å²) in [4.78, 5) is 10.9. The molecule has 0 bridgehead atoms. The van der Waals surface area contributed by atoms with E-state index in [0.29, 0.717) is 18.7 Å². The van der Waals surface area contributed by atoms with E-state index in [1.54, 1.807) is 0 Å². The third-order valence-electron chi connectivity index (χ3n) is 2.43. The first kappa shape index (κ1) is 12.0. The summed E-state index contributed by atoms with van der Waals surface area (Å²) < 4.78 is 5.33. The molecule has 0 aromatic rings. The molecule has 1 rings (SSSR count). The number of carbonyl (C=O) groups is 1. The van der Waals surface area contributed by atoms with E-state index in [1.165, 1.54) is 0 Å². The fourth-order valence-electron chi connectivity index (χ4n) is 1.63. The van der Waals surface area contributed by atoms with Crippen molar-refractivity contribution in [2.24, 2.45) is 0 Å². The van der Waals surface area contributed by atoms with Crippen molar-refractivity contribution in [2.45, 2.75) is 45.6 Å². The zero-order valence-electron chi connectivity index (χ0n) is 9.38. The summed E-state index contributed by atoms with van der Waals surface area (Å²) >= 11 is 0. The van der Waals surface area contributed by atoms with Crippen molar-refractivity contribution in [2.75, 3.05) is 6.73 Å². The van der Waals surface area contributed by atoms with Crippen LogP contribution in [0.2, 0.25) is 0 Å². The van der Waals surface area contributed by atoms with Gasteiger partial charge in [-0.1, -0.05) is 0 Å². The van der Waals surface area contributed by atoms with Gasteiger partial charge in [-0.05, 0) is 39.5 Å². The Kier molecular flexibility index (Phi) is 4.62. The molecule has 0 saturated heterocycles. The Morgan fingerprint density at radius 1 is 1.47 bits per heavy atom. The molecule has 0 saturated carbocycles. The van der Waals surface area contributed by atoms with Crippen molar-refractivity contribution in [3.8, 4) is 0 Å². The van der Waals surface area contributed by atoms with Crippen LogP contribution in [-0.4, -0.2) is 23.9 Å². The van der Waals surface area contributed by atoms with E-state index in [-0.39, 0.29) is 6.10 Å². The van der Waals surface area contributed by atoms with Gasteiger partial charge in [0.1, 0.15) is 6.73 Å². The summed E-state index contributed by atoms with van der Waals surface area (Å²) in [6.07, 6.45) is 3.68. The molecule has 1 aliphatic rings. The average Bonchev–Trinajstić information content (AvgIpc) is 2.17. The molecular formula is C11H19NO3. The Bertz CT molecular complexity index is 259. The second-order valence-corrected chi connectivity index (χ2v) is 4.01. The Morgan fingerprint density at radius 3 is 2.73 bits per heavy atom. The summed E-state index contributed by atoms with van der Waals surface area (Å²) in [6, 6.07) is 0. The van der Waals surface area contributed by atoms with E-state index in [9.17, 15) is 4.79 Å². The van der Waals surface area contributed by atoms with Crippen LogP contribution in [0, 0.1) is 0 Å². The number of hydrogen-bond donors (Lipinski definition) is 2. The van der Waals surface area contributed by atoms with Gasteiger partial charge in [-0.3, -0.25) is 0 Å². The first-order chi connectivity index (χ1) is 7.11. The number of nitrogens with one attached hydrogen (secondary N) is 1. The highest BCUT2D eigenvalue weighted by Gasteiger charge is 2.17. The smallest absolute Gasteiger partial charge is 0.333 e. The molecule has 15 heavy (non-hydrogen) atoms. The Morgan fingerprint density at radius 2 is 2.13 bits per heavy atom. The van der Waals surface area contributed by atoms with Gasteiger partial charge in [0.15, 0.2) is 0 Å². The zero-order valence-corrected chi connectivity index (χ0v) is 9.38. The lowest BCUT2D eigenvalue weighted by atomic mass is 9.96. The van der Waals surface area contributed by atoms with E-state index in [0.717, 1.165) is 25.0 Å². The van der Waals surface area contributed by atoms with Gasteiger partial charge >= 0.3 is 5.97 Å². The van der Waals surface area contributed by atoms with Crippen molar-refractivity contribution in [1.29, 1.82) is 0 Å². The minimum Gasteiger partial charge on any atom is -0.478 e. The predicted octanol–water partition coefficient (Wildman–Crippen LogP) is 1.87. The summed E-state index contributed by atoms with van der Waals surface area (Å²) in [6.45, 7) is 4.30. The average molecular weight is 213 g/mol. The highest BCUT2D eigenvalue weighted by molar-refractivity contribution is 5.87. The van der Waals surface area contributed by atoms with Crippen molar-refractivity contribution in [3.05, 3.63) is 11.3 Å². The molecule has 0 atom stereocenters. The zero-order chi connectivity index (χ0) is 11.3. The fraction of sp³-hybridized carbons (Fsp3) is 0.727. The van der Waals surface area contributed by atoms with E-state index in [4.69, 9.17) is 9.84 Å². The van der Waals surface area contributed by atoms with Gasteiger partial charge in [0.2, 0.25) is 0 Å². The van der Waals surface area contributed by atoms with Gasteiger partial charge in [0, 0.05) is 5.70 Å². The van der Waals surface area contributed by atoms with Crippen LogP contribution in [-0.2, 0) is 9.53 Å². The molecule has 0 radical (unpaired) electrons. The van der Waals surface area contributed by atoms with Gasteiger partial charge in [0.25, 0.3) is 0 Å². The molecule has 4 nitrogen and oxygen atoms in total. The molecule has 4 heteroatoms. The monoisotopic (exact) mass is 213 g/mol. The molecule has 0 aromatic heterocycles. The van der Waals surface area contributed by atoms with Gasteiger partial charge in [-0.2, -0.15) is 0 Å². The summed E-state index contributed by atoms with van der Waals surface area (Å²) in [7, 11) is 0. The van der Waals surface area contributed by atoms with Crippen LogP contribution in [0.1, 0.15) is 39.5 Å². The predicted molar refractivity (Wildman–Crippen MR) is 57.4 cm³/mol. The molecule has 0 fully saturated rings. The molecule has 86 valence electrons. The lowest BCUT2D eigenvalue weighted by molar-refractivity contribution is -0.133. The largest absolute Gasteiger partial charge is 0.478 e. The Labute approximate surface area is 90.3 Å². The molecule has 0 heterocycles. The SMILES string of the molecule is CC(C)OCNC1=C(C(=O)O)CCCC1. The molecule has 2 N–H and O–H groups in total. The standard InChI is InChI=1S/C11H19NO3/c1-8(2)15-7-12-10-6-4-3-5-9(10)11(13)14/h8,12H,3-7H2,1-2H3,(H,13,14). The Hall–Kier alpha value is -1.03. The topological polar surface area (TPSA) is 58.6 Å². The second-order valence-electron chi connectivity index (χ2n) is 4.01. The molecular weight excluding hydrogens is 194 g/mol. The molecule has 0 amide bonds. The fourth-order valence-corrected chi connectivity index (χ4v) is 1.63. The molecule has 0 aromatic carbocycles. The maximum absolute atomic E-state index is 10.9. The van der Waals surface area contributed by atoms with Crippen molar-refractivity contribution in [3.63, 3.8) is 0 Å². The van der Waals surface area contributed by atoms with E-state index < -0.39 is 5.97 Å². The number of allylic oxidation sites excluding steroid dienone is 1. The van der Waals surface area contributed by atoms with Gasteiger partial charge in [-0.15, -0.1) is 0 Å². The van der Waals surface area contributed by atoms with Gasteiger partial charge in [-0.25, -0.2) is 4.79 Å². The van der Waals surface area contributed by atoms with Crippen LogP contribution in [0.15, 0.2) is 11.3 Å². The van der Waals surface area contributed by atoms with Crippen LogP contribution >= 0.6 is 0 Å². The third-order valence-corrected chi connectivity index (χ3v) is 2.43. The third kappa shape index (κ3) is 3.91. The van der Waals surface area contributed by atoms with Crippen LogP contribution < -0.4 is 5.32 Å². The number of rotatable bonds is 5. The number of carboxylic acid groups (broad SMARTS) is 1. The van der Waals surface area contributed by atoms with E-state index in [1.807, 2.05) is 13.8 Å². The summed E-state index contributed by atoms with van der Waals surface area (Å²) in [5, 5.41) is 12.0. The maximum Gasteiger partial charge on any atom is 0.333 e. The number of hydrogen-bond acceptors (Lipinski definition) is 3. The number of carboxylic acids is 1. The van der Waals surface area contributed by atoms with Gasteiger partial charge in [0.05, 0.1) is 11.7 Å². The molecule has 1 aliphatic carbocycles. The van der Waals surface area contributed by atoms with Crippen molar-refractivity contribution < 1.29 is 14.6 Å². The normalized spacial score (nSPS) is 17.0. The van der Waals surface area contributed by atoms with Crippen LogP contribution in [0.25, 0.3) is 0 Å². The first-order valence-electron chi connectivity index (χ1n) is 5.42. The van der Waals surface area contributed by atoms with E-state index in [2.05, 4.69) is 5.32 Å². The first-order valence-corrected chi connectivity index (χ1v) is 5.42. The Balaban J connectivity index is 2.51. The second kappa shape index (κ2) is 5.75. The minimum absolute atomic E-state index is 0.162. The quantitative estimate of drug-likeness (QED) is 0.684. The maximum atomic E-state index is 10.9. The van der Waals surface area contributed by atoms with Crippen LogP contribution in [0.3, 0.4) is 0 Å². The van der Waals surface area contributed by atoms with Crippen molar-refractivity contribution >= 4 is 5.97 Å². The van der Waals surface area contributed by atoms with Crippen molar-refractivity contribution in [1.82, 2.24) is 5.32 Å². The highest BCUT2D eigenvalue weighted by Crippen LogP contribution is 2.22. The molecule has 0 unspecified atom stereocenters. The number of aliphatic carboxylic acids is 1. The number of ether oxygens (including phenoxy) is 1.